The maximum absolute atomic E-state index is 5.35. The number of fused-ring (bicyclic) bond motifs is 1. The van der Waals surface area contributed by atoms with E-state index in [1.807, 2.05) is 19.3 Å². The van der Waals surface area contributed by atoms with E-state index in [1.165, 1.54) is 0 Å². The zero-order valence-electron chi connectivity index (χ0n) is 15.1. The molecule has 0 amide bonds. The topological polar surface area (TPSA) is 67.3 Å². The Hall–Kier alpha value is -2.32. The minimum absolute atomic E-state index is 0.406. The van der Waals surface area contributed by atoms with Gasteiger partial charge in [0.05, 0.1) is 12.0 Å². The fourth-order valence-electron chi connectivity index (χ4n) is 3.25. The summed E-state index contributed by atoms with van der Waals surface area (Å²) in [6, 6.07) is 0.406. The van der Waals surface area contributed by atoms with Crippen LogP contribution in [-0.2, 0) is 0 Å². The summed E-state index contributed by atoms with van der Waals surface area (Å²) in [6.45, 7) is 9.88. The van der Waals surface area contributed by atoms with Crippen LogP contribution >= 0.6 is 11.3 Å². The highest BCUT2D eigenvalue weighted by atomic mass is 32.1. The van der Waals surface area contributed by atoms with Gasteiger partial charge in [0.15, 0.2) is 0 Å². The summed E-state index contributed by atoms with van der Waals surface area (Å²) in [7, 11) is 0. The zero-order chi connectivity index (χ0) is 17.9. The van der Waals surface area contributed by atoms with Crippen molar-refractivity contribution >= 4 is 27.4 Å². The van der Waals surface area contributed by atoms with Gasteiger partial charge in [-0.1, -0.05) is 6.92 Å². The molecule has 3 aromatic heterocycles. The molecule has 0 unspecified atom stereocenters. The number of nitrogens with zero attached hydrogens (tertiary/aromatic N) is 6. The molecule has 7 nitrogen and oxygen atoms in total. The summed E-state index contributed by atoms with van der Waals surface area (Å²) in [5.41, 5.74) is 2.05. The van der Waals surface area contributed by atoms with Gasteiger partial charge in [-0.3, -0.25) is 0 Å². The van der Waals surface area contributed by atoms with Crippen molar-refractivity contribution in [2.45, 2.75) is 13.8 Å². The highest BCUT2D eigenvalue weighted by molar-refractivity contribution is 7.17. The van der Waals surface area contributed by atoms with E-state index < -0.39 is 0 Å². The number of anilines is 1. The van der Waals surface area contributed by atoms with Gasteiger partial charge in [0.25, 0.3) is 0 Å². The van der Waals surface area contributed by atoms with Crippen LogP contribution in [0.3, 0.4) is 0 Å². The van der Waals surface area contributed by atoms with E-state index in [1.54, 1.807) is 17.7 Å². The van der Waals surface area contributed by atoms with Gasteiger partial charge in [-0.05, 0) is 13.5 Å². The van der Waals surface area contributed by atoms with E-state index >= 15 is 0 Å². The lowest BCUT2D eigenvalue weighted by atomic mass is 10.1. The molecule has 8 heteroatoms. The number of likely N-dealkylation sites (N-methyl/N-ethyl adjacent to an activating group) is 1. The summed E-state index contributed by atoms with van der Waals surface area (Å²) in [6.07, 6.45) is 5.29. The lowest BCUT2D eigenvalue weighted by Gasteiger charge is -2.35. The highest BCUT2D eigenvalue weighted by Gasteiger charge is 2.22. The Kier molecular flexibility index (Phi) is 4.94. The fourth-order valence-corrected chi connectivity index (χ4v) is 4.16. The Labute approximate surface area is 156 Å². The second kappa shape index (κ2) is 7.51. The summed E-state index contributed by atoms with van der Waals surface area (Å²) < 4.78 is 5.35. The number of rotatable bonds is 5. The minimum atomic E-state index is 0.406. The average molecular weight is 370 g/mol. The van der Waals surface area contributed by atoms with Crippen molar-refractivity contribution < 1.29 is 4.74 Å². The Balaban J connectivity index is 1.70. The van der Waals surface area contributed by atoms with Gasteiger partial charge < -0.3 is 14.5 Å². The van der Waals surface area contributed by atoms with E-state index in [-0.39, 0.29) is 0 Å². The Morgan fingerprint density at radius 3 is 2.50 bits per heavy atom. The number of hydrogen-bond donors (Lipinski definition) is 0. The average Bonchev–Trinajstić information content (AvgIpc) is 3.13. The second-order valence-electron chi connectivity index (χ2n) is 6.14. The Morgan fingerprint density at radius 2 is 1.81 bits per heavy atom. The largest absolute Gasteiger partial charge is 0.464 e. The van der Waals surface area contributed by atoms with Crippen molar-refractivity contribution in [3.8, 4) is 17.1 Å². The molecule has 0 spiro atoms. The van der Waals surface area contributed by atoms with Crippen LogP contribution in [0.25, 0.3) is 21.3 Å². The number of hydrogen-bond acceptors (Lipinski definition) is 8. The third kappa shape index (κ3) is 3.22. The standard InChI is InChI=1S/C18H22N6OS/c1-3-23-5-7-24(8-6-23)16-15-14(11-26-17(15)22-12-21-16)13-9-19-18(20-10-13)25-4-2/h9-12H,3-8H2,1-2H3. The van der Waals surface area contributed by atoms with E-state index in [4.69, 9.17) is 4.74 Å². The molecule has 4 heterocycles. The minimum Gasteiger partial charge on any atom is -0.464 e. The van der Waals surface area contributed by atoms with Gasteiger partial charge in [-0.2, -0.15) is 0 Å². The predicted octanol–water partition coefficient (Wildman–Crippen LogP) is 2.69. The van der Waals surface area contributed by atoms with Crippen molar-refractivity contribution in [2.24, 2.45) is 0 Å². The van der Waals surface area contributed by atoms with Crippen LogP contribution in [0.1, 0.15) is 13.8 Å². The lowest BCUT2D eigenvalue weighted by Crippen LogP contribution is -2.46. The summed E-state index contributed by atoms with van der Waals surface area (Å²) in [5, 5.41) is 3.21. The second-order valence-corrected chi connectivity index (χ2v) is 6.99. The first-order chi connectivity index (χ1) is 12.8. The summed E-state index contributed by atoms with van der Waals surface area (Å²) >= 11 is 1.63. The smallest absolute Gasteiger partial charge is 0.316 e. The predicted molar refractivity (Wildman–Crippen MR) is 104 cm³/mol. The third-order valence-corrected chi connectivity index (χ3v) is 5.57. The van der Waals surface area contributed by atoms with Crippen molar-refractivity contribution in [1.82, 2.24) is 24.8 Å². The highest BCUT2D eigenvalue weighted by Crippen LogP contribution is 2.37. The van der Waals surface area contributed by atoms with Gasteiger partial charge in [0, 0.05) is 55.1 Å². The quantitative estimate of drug-likeness (QED) is 0.684. The molecule has 1 saturated heterocycles. The molecule has 0 bridgehead atoms. The van der Waals surface area contributed by atoms with E-state index in [9.17, 15) is 0 Å². The molecule has 3 aromatic rings. The molecule has 136 valence electrons. The van der Waals surface area contributed by atoms with Crippen LogP contribution in [0.5, 0.6) is 6.01 Å². The first kappa shape index (κ1) is 17.1. The molecule has 0 atom stereocenters. The first-order valence-electron chi connectivity index (χ1n) is 8.94. The van der Waals surface area contributed by atoms with Crippen LogP contribution in [-0.4, -0.2) is 64.2 Å². The molecule has 1 fully saturated rings. The maximum Gasteiger partial charge on any atom is 0.316 e. The maximum atomic E-state index is 5.35. The van der Waals surface area contributed by atoms with E-state index in [0.717, 1.165) is 59.9 Å². The van der Waals surface area contributed by atoms with Crippen LogP contribution in [0.2, 0.25) is 0 Å². The van der Waals surface area contributed by atoms with Gasteiger partial charge in [0.1, 0.15) is 17.0 Å². The van der Waals surface area contributed by atoms with Gasteiger partial charge in [-0.15, -0.1) is 11.3 Å². The van der Waals surface area contributed by atoms with E-state index in [2.05, 4.69) is 42.0 Å². The number of piperazine rings is 1. The molecule has 1 aliphatic rings. The lowest BCUT2D eigenvalue weighted by molar-refractivity contribution is 0.271. The van der Waals surface area contributed by atoms with Crippen LogP contribution in [0, 0.1) is 0 Å². The van der Waals surface area contributed by atoms with Gasteiger partial charge in [-0.25, -0.2) is 19.9 Å². The first-order valence-corrected chi connectivity index (χ1v) is 9.82. The van der Waals surface area contributed by atoms with Crippen LogP contribution < -0.4 is 9.64 Å². The van der Waals surface area contributed by atoms with Crippen molar-refractivity contribution in [3.05, 3.63) is 24.1 Å². The zero-order valence-corrected chi connectivity index (χ0v) is 15.9. The fraction of sp³-hybridized carbons (Fsp3) is 0.444. The Bertz CT molecular complexity index is 873. The molecule has 0 radical (unpaired) electrons. The normalized spacial score (nSPS) is 15.5. The molecule has 0 aromatic carbocycles. The SMILES string of the molecule is CCOc1ncc(-c2csc3ncnc(N4CCN(CC)CC4)c23)cn1. The molecule has 4 rings (SSSR count). The number of ether oxygens (including phenoxy) is 1. The monoisotopic (exact) mass is 370 g/mol. The summed E-state index contributed by atoms with van der Waals surface area (Å²) in [5.74, 6) is 1.01. The van der Waals surface area contributed by atoms with Crippen LogP contribution in [0.15, 0.2) is 24.1 Å². The molecular formula is C18H22N6OS. The van der Waals surface area contributed by atoms with Crippen LogP contribution in [0.4, 0.5) is 5.82 Å². The molecule has 1 aliphatic heterocycles. The van der Waals surface area contributed by atoms with Crippen molar-refractivity contribution in [1.29, 1.82) is 0 Å². The van der Waals surface area contributed by atoms with Crippen molar-refractivity contribution in [3.63, 3.8) is 0 Å². The van der Waals surface area contributed by atoms with Gasteiger partial charge >= 0.3 is 6.01 Å². The van der Waals surface area contributed by atoms with E-state index in [0.29, 0.717) is 12.6 Å². The molecule has 0 saturated carbocycles. The molecule has 0 N–H and O–H groups in total. The Morgan fingerprint density at radius 1 is 1.04 bits per heavy atom. The van der Waals surface area contributed by atoms with Gasteiger partial charge in [0.2, 0.25) is 0 Å². The molecule has 0 aliphatic carbocycles. The summed E-state index contributed by atoms with van der Waals surface area (Å²) in [4.78, 5) is 23.5. The number of aromatic nitrogens is 4. The third-order valence-electron chi connectivity index (χ3n) is 4.68. The molecule has 26 heavy (non-hydrogen) atoms. The van der Waals surface area contributed by atoms with Crippen molar-refractivity contribution in [2.75, 3.05) is 44.2 Å². The number of thiophene rings is 1. The molecular weight excluding hydrogens is 348 g/mol.